The number of nitrogens with one attached hydrogen (secondary N) is 2. The lowest BCUT2D eigenvalue weighted by atomic mass is 10.1. The lowest BCUT2D eigenvalue weighted by molar-refractivity contribution is 0.414. The van der Waals surface area contributed by atoms with Crippen LogP contribution in [0.25, 0.3) is 0 Å². The molecular formula is C19H23BrIN3O. The predicted octanol–water partition coefficient (Wildman–Crippen LogP) is 4.30. The van der Waals surface area contributed by atoms with Crippen molar-refractivity contribution in [1.82, 2.24) is 10.6 Å². The summed E-state index contributed by atoms with van der Waals surface area (Å²) < 4.78 is 6.37. The van der Waals surface area contributed by atoms with E-state index in [1.54, 1.807) is 14.2 Å². The van der Waals surface area contributed by atoms with Gasteiger partial charge in [-0.3, -0.25) is 4.99 Å². The molecule has 2 aromatic carbocycles. The summed E-state index contributed by atoms with van der Waals surface area (Å²) in [5.41, 5.74) is 2.54. The van der Waals surface area contributed by atoms with E-state index >= 15 is 0 Å². The Balaban J connectivity index is 0.00000225. The molecule has 0 saturated heterocycles. The monoisotopic (exact) mass is 515 g/mol. The van der Waals surface area contributed by atoms with Crippen LogP contribution in [0.1, 0.15) is 23.5 Å². The van der Waals surface area contributed by atoms with Crippen LogP contribution in [0.2, 0.25) is 0 Å². The van der Waals surface area contributed by atoms with E-state index < -0.39 is 0 Å². The van der Waals surface area contributed by atoms with Crippen LogP contribution in [-0.2, 0) is 6.54 Å². The molecule has 0 heterocycles. The molecule has 0 aromatic heterocycles. The molecule has 3 rings (SSSR count). The number of hydrogen-bond donors (Lipinski definition) is 2. The van der Waals surface area contributed by atoms with Gasteiger partial charge in [-0.15, -0.1) is 24.0 Å². The second-order valence-corrected chi connectivity index (χ2v) is 6.84. The Kier molecular flexibility index (Phi) is 7.56. The number of ether oxygens (including phenoxy) is 1. The van der Waals surface area contributed by atoms with E-state index in [1.165, 1.54) is 5.56 Å². The number of nitrogens with zero attached hydrogens (tertiary/aromatic N) is 1. The Labute approximate surface area is 174 Å². The minimum atomic E-state index is 0. The number of halogens is 2. The van der Waals surface area contributed by atoms with E-state index in [2.05, 4.69) is 61.9 Å². The fraction of sp³-hybridized carbons (Fsp3) is 0.316. The summed E-state index contributed by atoms with van der Waals surface area (Å²) in [6.07, 6.45) is 1.14. The van der Waals surface area contributed by atoms with Crippen molar-refractivity contribution in [2.45, 2.75) is 24.9 Å². The van der Waals surface area contributed by atoms with Gasteiger partial charge in [-0.25, -0.2) is 0 Å². The van der Waals surface area contributed by atoms with Gasteiger partial charge in [0.2, 0.25) is 0 Å². The first-order chi connectivity index (χ1) is 11.7. The molecule has 134 valence electrons. The maximum atomic E-state index is 5.26. The van der Waals surface area contributed by atoms with Crippen LogP contribution in [0.4, 0.5) is 0 Å². The molecule has 2 unspecified atom stereocenters. The molecule has 0 radical (unpaired) electrons. The standard InChI is InChI=1S/C19H22BrN3O.HI/c1-21-19(22-12-13-4-3-5-16(10-13)24-2)23-18-11-17(18)14-6-8-15(20)9-7-14;/h3-10,17-18H,11-12H2,1-2H3,(H2,21,22,23);1H. The molecule has 4 nitrogen and oxygen atoms in total. The van der Waals surface area contributed by atoms with Gasteiger partial charge in [0.05, 0.1) is 7.11 Å². The summed E-state index contributed by atoms with van der Waals surface area (Å²) in [4.78, 5) is 4.32. The summed E-state index contributed by atoms with van der Waals surface area (Å²) in [5, 5.41) is 6.86. The second kappa shape index (κ2) is 9.43. The third kappa shape index (κ3) is 5.60. The number of rotatable bonds is 5. The largest absolute Gasteiger partial charge is 0.497 e. The number of benzene rings is 2. The Morgan fingerprint density at radius 1 is 1.24 bits per heavy atom. The third-order valence-corrected chi connectivity index (χ3v) is 4.76. The van der Waals surface area contributed by atoms with Crippen LogP contribution in [0, 0.1) is 0 Å². The smallest absolute Gasteiger partial charge is 0.191 e. The van der Waals surface area contributed by atoms with Crippen molar-refractivity contribution < 1.29 is 4.74 Å². The summed E-state index contributed by atoms with van der Waals surface area (Å²) >= 11 is 3.48. The third-order valence-electron chi connectivity index (χ3n) is 4.23. The molecule has 25 heavy (non-hydrogen) atoms. The quantitative estimate of drug-likeness (QED) is 0.354. The maximum Gasteiger partial charge on any atom is 0.191 e. The van der Waals surface area contributed by atoms with Crippen molar-refractivity contribution in [3.63, 3.8) is 0 Å². The molecule has 1 saturated carbocycles. The van der Waals surface area contributed by atoms with Crippen molar-refractivity contribution in [2.75, 3.05) is 14.2 Å². The zero-order valence-electron chi connectivity index (χ0n) is 14.3. The van der Waals surface area contributed by atoms with E-state index in [9.17, 15) is 0 Å². The summed E-state index contributed by atoms with van der Waals surface area (Å²) in [6, 6.07) is 17.1. The highest BCUT2D eigenvalue weighted by molar-refractivity contribution is 14.0. The highest BCUT2D eigenvalue weighted by atomic mass is 127. The van der Waals surface area contributed by atoms with Gasteiger partial charge in [-0.05, 0) is 41.8 Å². The normalized spacial score (nSPS) is 18.9. The van der Waals surface area contributed by atoms with Gasteiger partial charge in [0.15, 0.2) is 5.96 Å². The molecule has 2 atom stereocenters. The van der Waals surface area contributed by atoms with Crippen LogP contribution < -0.4 is 15.4 Å². The second-order valence-electron chi connectivity index (χ2n) is 5.92. The molecule has 0 aliphatic heterocycles. The molecule has 1 fully saturated rings. The van der Waals surface area contributed by atoms with E-state index in [1.807, 2.05) is 18.2 Å². The molecule has 0 amide bonds. The van der Waals surface area contributed by atoms with Crippen LogP contribution in [0.15, 0.2) is 58.0 Å². The fourth-order valence-electron chi connectivity index (χ4n) is 2.77. The first kappa shape index (κ1) is 20.0. The van der Waals surface area contributed by atoms with Gasteiger partial charge in [0.25, 0.3) is 0 Å². The molecule has 1 aliphatic rings. The molecule has 6 heteroatoms. The van der Waals surface area contributed by atoms with Crippen molar-refractivity contribution in [1.29, 1.82) is 0 Å². The Morgan fingerprint density at radius 2 is 2.00 bits per heavy atom. The van der Waals surface area contributed by atoms with Gasteiger partial charge in [-0.2, -0.15) is 0 Å². The Morgan fingerprint density at radius 3 is 2.68 bits per heavy atom. The Bertz CT molecular complexity index is 721. The van der Waals surface area contributed by atoms with Gasteiger partial charge < -0.3 is 15.4 Å². The van der Waals surface area contributed by atoms with Crippen molar-refractivity contribution in [3.8, 4) is 5.75 Å². The molecule has 0 bridgehead atoms. The van der Waals surface area contributed by atoms with E-state index in [0.29, 0.717) is 18.5 Å². The summed E-state index contributed by atoms with van der Waals surface area (Å²) in [5.74, 6) is 2.27. The zero-order valence-corrected chi connectivity index (χ0v) is 18.2. The molecule has 0 spiro atoms. The number of hydrogen-bond acceptors (Lipinski definition) is 2. The minimum Gasteiger partial charge on any atom is -0.497 e. The zero-order chi connectivity index (χ0) is 16.9. The first-order valence-corrected chi connectivity index (χ1v) is 8.84. The van der Waals surface area contributed by atoms with Crippen LogP contribution in [-0.4, -0.2) is 26.2 Å². The molecule has 2 N–H and O–H groups in total. The topological polar surface area (TPSA) is 45.7 Å². The molecule has 1 aliphatic carbocycles. The average molecular weight is 516 g/mol. The van der Waals surface area contributed by atoms with Crippen molar-refractivity contribution in [3.05, 3.63) is 64.1 Å². The van der Waals surface area contributed by atoms with Gasteiger partial charge in [0.1, 0.15) is 5.75 Å². The maximum absolute atomic E-state index is 5.26. The lowest BCUT2D eigenvalue weighted by Crippen LogP contribution is -2.38. The summed E-state index contributed by atoms with van der Waals surface area (Å²) in [6.45, 7) is 0.715. The fourth-order valence-corrected chi connectivity index (χ4v) is 3.04. The molecule has 2 aromatic rings. The van der Waals surface area contributed by atoms with Crippen LogP contribution >= 0.6 is 39.9 Å². The highest BCUT2D eigenvalue weighted by Gasteiger charge is 2.38. The van der Waals surface area contributed by atoms with E-state index in [4.69, 9.17) is 4.74 Å². The van der Waals surface area contributed by atoms with Crippen LogP contribution in [0.3, 0.4) is 0 Å². The predicted molar refractivity (Wildman–Crippen MR) is 117 cm³/mol. The van der Waals surface area contributed by atoms with Gasteiger partial charge in [-0.1, -0.05) is 40.2 Å². The number of aliphatic imine (C=N–C) groups is 1. The summed E-state index contributed by atoms with van der Waals surface area (Å²) in [7, 11) is 3.49. The molecular weight excluding hydrogens is 493 g/mol. The van der Waals surface area contributed by atoms with Crippen molar-refractivity contribution >= 4 is 45.9 Å². The highest BCUT2D eigenvalue weighted by Crippen LogP contribution is 2.40. The van der Waals surface area contributed by atoms with Gasteiger partial charge in [0, 0.05) is 30.0 Å². The SMILES string of the molecule is CN=C(NCc1cccc(OC)c1)NC1CC1c1ccc(Br)cc1.I. The van der Waals surface area contributed by atoms with Crippen molar-refractivity contribution in [2.24, 2.45) is 4.99 Å². The van der Waals surface area contributed by atoms with E-state index in [0.717, 1.165) is 28.2 Å². The first-order valence-electron chi connectivity index (χ1n) is 8.05. The Hall–Kier alpha value is -1.28. The van der Waals surface area contributed by atoms with E-state index in [-0.39, 0.29) is 24.0 Å². The lowest BCUT2D eigenvalue weighted by Gasteiger charge is -2.12. The minimum absolute atomic E-state index is 0. The number of guanidine groups is 1. The van der Waals surface area contributed by atoms with Gasteiger partial charge >= 0.3 is 0 Å². The van der Waals surface area contributed by atoms with Crippen LogP contribution in [0.5, 0.6) is 5.75 Å². The number of methoxy groups -OCH3 is 1. The average Bonchev–Trinajstić information content (AvgIpc) is 3.38.